The molecular weight excluding hydrogens is 332 g/mol. The van der Waals surface area contributed by atoms with E-state index in [9.17, 15) is 18.4 Å². The van der Waals surface area contributed by atoms with Crippen molar-refractivity contribution in [2.24, 2.45) is 0 Å². The maximum Gasteiger partial charge on any atom is 0.387 e. The largest absolute Gasteiger partial charge is 0.435 e. The van der Waals surface area contributed by atoms with E-state index in [0.717, 1.165) is 12.8 Å². The van der Waals surface area contributed by atoms with E-state index in [-0.39, 0.29) is 29.6 Å². The van der Waals surface area contributed by atoms with Crippen molar-refractivity contribution in [1.82, 2.24) is 15.5 Å². The molecule has 1 aromatic rings. The van der Waals surface area contributed by atoms with Crippen LogP contribution in [0.15, 0.2) is 24.3 Å². The molecule has 1 aliphatic rings. The topological polar surface area (TPSA) is 70.7 Å². The van der Waals surface area contributed by atoms with E-state index in [1.165, 1.54) is 24.3 Å². The lowest BCUT2D eigenvalue weighted by atomic mass is 10.1. The summed E-state index contributed by atoms with van der Waals surface area (Å²) in [6.07, 6.45) is 2.26. The maximum absolute atomic E-state index is 12.2. The smallest absolute Gasteiger partial charge is 0.387 e. The first-order chi connectivity index (χ1) is 11.9. The number of likely N-dealkylation sites (N-methyl/N-ethyl adjacent to an activating group) is 1. The molecule has 2 N–H and O–H groups in total. The number of carbonyl (C=O) groups is 2. The number of halogens is 2. The van der Waals surface area contributed by atoms with Crippen LogP contribution >= 0.6 is 0 Å². The number of rotatable bonds is 7. The highest BCUT2D eigenvalue weighted by Gasteiger charge is 2.31. The molecule has 0 saturated carbocycles. The minimum atomic E-state index is -2.89. The second-order valence-corrected chi connectivity index (χ2v) is 6.04. The Morgan fingerprint density at radius 1 is 1.24 bits per heavy atom. The number of benzene rings is 1. The van der Waals surface area contributed by atoms with Gasteiger partial charge >= 0.3 is 6.61 Å². The summed E-state index contributed by atoms with van der Waals surface area (Å²) in [5.41, 5.74) is 0.379. The van der Waals surface area contributed by atoms with Crippen molar-refractivity contribution >= 4 is 11.8 Å². The highest BCUT2D eigenvalue weighted by Crippen LogP contribution is 2.24. The Morgan fingerprint density at radius 2 is 1.88 bits per heavy atom. The Bertz CT molecular complexity index is 595. The SMILES string of the molecule is CNC(=O)C[C@H]1CC[C@@H](CNC(=O)c2ccc(OC(F)F)cc2)N1C. The van der Waals surface area contributed by atoms with E-state index in [2.05, 4.69) is 20.3 Å². The van der Waals surface area contributed by atoms with E-state index in [1.807, 2.05) is 7.05 Å². The second-order valence-electron chi connectivity index (χ2n) is 6.04. The Balaban J connectivity index is 1.82. The van der Waals surface area contributed by atoms with Crippen molar-refractivity contribution in [2.75, 3.05) is 20.6 Å². The molecule has 1 aromatic carbocycles. The molecule has 2 rings (SSSR count). The molecule has 1 saturated heterocycles. The zero-order valence-electron chi connectivity index (χ0n) is 14.3. The number of amides is 2. The molecule has 0 aromatic heterocycles. The average Bonchev–Trinajstić information content (AvgIpc) is 2.92. The lowest BCUT2D eigenvalue weighted by Gasteiger charge is -2.25. The van der Waals surface area contributed by atoms with Gasteiger partial charge in [-0.25, -0.2) is 0 Å². The summed E-state index contributed by atoms with van der Waals surface area (Å²) < 4.78 is 28.5. The molecule has 1 fully saturated rings. The third-order valence-corrected chi connectivity index (χ3v) is 4.52. The minimum Gasteiger partial charge on any atom is -0.435 e. The van der Waals surface area contributed by atoms with Crippen LogP contribution in [0.5, 0.6) is 5.75 Å². The lowest BCUT2D eigenvalue weighted by molar-refractivity contribution is -0.121. The van der Waals surface area contributed by atoms with Gasteiger partial charge in [-0.1, -0.05) is 0 Å². The molecule has 6 nitrogen and oxygen atoms in total. The van der Waals surface area contributed by atoms with Gasteiger partial charge in [0, 0.05) is 37.7 Å². The van der Waals surface area contributed by atoms with E-state index in [4.69, 9.17) is 0 Å². The van der Waals surface area contributed by atoms with Crippen LogP contribution in [-0.2, 0) is 4.79 Å². The van der Waals surface area contributed by atoms with Gasteiger partial charge in [0.25, 0.3) is 5.91 Å². The van der Waals surface area contributed by atoms with Gasteiger partial charge in [-0.05, 0) is 44.2 Å². The quantitative estimate of drug-likeness (QED) is 0.780. The predicted molar refractivity (Wildman–Crippen MR) is 88.7 cm³/mol. The second kappa shape index (κ2) is 8.75. The van der Waals surface area contributed by atoms with Crippen molar-refractivity contribution in [2.45, 2.75) is 38.0 Å². The summed E-state index contributed by atoms with van der Waals surface area (Å²) in [4.78, 5) is 25.8. The molecule has 1 aliphatic heterocycles. The maximum atomic E-state index is 12.2. The van der Waals surface area contributed by atoms with Crippen LogP contribution < -0.4 is 15.4 Å². The van der Waals surface area contributed by atoms with Crippen LogP contribution in [0.1, 0.15) is 29.6 Å². The van der Waals surface area contributed by atoms with Crippen molar-refractivity contribution in [3.63, 3.8) is 0 Å². The van der Waals surface area contributed by atoms with Crippen LogP contribution in [-0.4, -0.2) is 56.0 Å². The number of ether oxygens (including phenoxy) is 1. The van der Waals surface area contributed by atoms with Crippen molar-refractivity contribution < 1.29 is 23.1 Å². The van der Waals surface area contributed by atoms with Crippen LogP contribution in [0.2, 0.25) is 0 Å². The number of nitrogens with zero attached hydrogens (tertiary/aromatic N) is 1. The fraction of sp³-hybridized carbons (Fsp3) is 0.529. The highest BCUT2D eigenvalue weighted by atomic mass is 19.3. The van der Waals surface area contributed by atoms with Gasteiger partial charge in [0.15, 0.2) is 0 Å². The third kappa shape index (κ3) is 5.38. The number of nitrogens with one attached hydrogen (secondary N) is 2. The van der Waals surface area contributed by atoms with Gasteiger partial charge in [-0.15, -0.1) is 0 Å². The number of hydrogen-bond donors (Lipinski definition) is 2. The molecule has 25 heavy (non-hydrogen) atoms. The van der Waals surface area contributed by atoms with Gasteiger partial charge in [-0.3, -0.25) is 14.5 Å². The van der Waals surface area contributed by atoms with Crippen molar-refractivity contribution in [3.8, 4) is 5.75 Å². The fourth-order valence-corrected chi connectivity index (χ4v) is 3.00. The number of alkyl halides is 2. The first kappa shape index (κ1) is 19.1. The van der Waals surface area contributed by atoms with Gasteiger partial charge < -0.3 is 15.4 Å². The summed E-state index contributed by atoms with van der Waals surface area (Å²) in [6.45, 7) is -2.42. The standard InChI is InChI=1S/C17H23F2N3O3/c1-20-15(23)9-12-5-6-13(22(12)2)10-21-16(24)11-3-7-14(8-4-11)25-17(18)19/h3-4,7-8,12-13,17H,5-6,9-10H2,1-2H3,(H,20,23)(H,21,24)/t12-,13+/m1/s1. The zero-order valence-corrected chi connectivity index (χ0v) is 14.3. The van der Waals surface area contributed by atoms with Crippen LogP contribution in [0, 0.1) is 0 Å². The van der Waals surface area contributed by atoms with E-state index >= 15 is 0 Å². The van der Waals surface area contributed by atoms with E-state index < -0.39 is 6.61 Å². The molecule has 0 aliphatic carbocycles. The molecule has 2 amide bonds. The molecule has 1 heterocycles. The van der Waals surface area contributed by atoms with Crippen LogP contribution in [0.4, 0.5) is 8.78 Å². The summed E-state index contributed by atoms with van der Waals surface area (Å²) in [5.74, 6) is -0.251. The average molecular weight is 355 g/mol. The minimum absolute atomic E-state index is 0.00708. The molecule has 2 atom stereocenters. The van der Waals surface area contributed by atoms with E-state index in [1.54, 1.807) is 7.05 Å². The Hall–Kier alpha value is -2.22. The third-order valence-electron chi connectivity index (χ3n) is 4.52. The Labute approximate surface area is 145 Å². The van der Waals surface area contributed by atoms with Crippen LogP contribution in [0.25, 0.3) is 0 Å². The number of hydrogen-bond acceptors (Lipinski definition) is 4. The Kier molecular flexibility index (Phi) is 6.69. The molecule has 0 unspecified atom stereocenters. The summed E-state index contributed by atoms with van der Waals surface area (Å²) in [6, 6.07) is 5.90. The van der Waals surface area contributed by atoms with Crippen molar-refractivity contribution in [3.05, 3.63) is 29.8 Å². The van der Waals surface area contributed by atoms with Crippen LogP contribution in [0.3, 0.4) is 0 Å². The van der Waals surface area contributed by atoms with Gasteiger partial charge in [-0.2, -0.15) is 8.78 Å². The van der Waals surface area contributed by atoms with Gasteiger partial charge in [0.2, 0.25) is 5.91 Å². The predicted octanol–water partition coefficient (Wildman–Crippen LogP) is 1.62. The normalized spacial score (nSPS) is 20.5. The molecular formula is C17H23F2N3O3. The summed E-state index contributed by atoms with van der Waals surface area (Å²) >= 11 is 0. The first-order valence-electron chi connectivity index (χ1n) is 8.16. The summed E-state index contributed by atoms with van der Waals surface area (Å²) in [5, 5.41) is 5.47. The zero-order chi connectivity index (χ0) is 18.4. The summed E-state index contributed by atoms with van der Waals surface area (Å²) in [7, 11) is 3.57. The van der Waals surface area contributed by atoms with E-state index in [0.29, 0.717) is 18.5 Å². The lowest BCUT2D eigenvalue weighted by Crippen LogP contribution is -2.42. The molecule has 0 bridgehead atoms. The number of carbonyl (C=O) groups excluding carboxylic acids is 2. The van der Waals surface area contributed by atoms with Gasteiger partial charge in [0.05, 0.1) is 0 Å². The Morgan fingerprint density at radius 3 is 2.48 bits per heavy atom. The molecule has 0 radical (unpaired) electrons. The first-order valence-corrected chi connectivity index (χ1v) is 8.16. The number of likely N-dealkylation sites (tertiary alicyclic amines) is 1. The van der Waals surface area contributed by atoms with Crippen molar-refractivity contribution in [1.29, 1.82) is 0 Å². The van der Waals surface area contributed by atoms with Gasteiger partial charge in [0.1, 0.15) is 5.75 Å². The monoisotopic (exact) mass is 355 g/mol. The fourth-order valence-electron chi connectivity index (χ4n) is 3.00. The molecule has 138 valence electrons. The molecule has 0 spiro atoms. The highest BCUT2D eigenvalue weighted by molar-refractivity contribution is 5.94. The molecule has 8 heteroatoms.